The van der Waals surface area contributed by atoms with Crippen LogP contribution in [0, 0.1) is 0 Å². The smallest absolute Gasteiger partial charge is 0.271 e. The highest BCUT2D eigenvalue weighted by molar-refractivity contribution is 7.07. The van der Waals surface area contributed by atoms with Gasteiger partial charge in [0.05, 0.1) is 21.8 Å². The molecule has 36 heavy (non-hydrogen) atoms. The second-order valence-electron chi connectivity index (χ2n) is 8.68. The van der Waals surface area contributed by atoms with Gasteiger partial charge in [0.25, 0.3) is 11.5 Å². The van der Waals surface area contributed by atoms with E-state index in [1.807, 2.05) is 63.2 Å². The van der Waals surface area contributed by atoms with Crippen molar-refractivity contribution >= 4 is 45.7 Å². The zero-order chi connectivity index (χ0) is 25.4. The largest absolute Gasteiger partial charge is 0.339 e. The fourth-order valence-electron chi connectivity index (χ4n) is 4.75. The van der Waals surface area contributed by atoms with Gasteiger partial charge in [-0.2, -0.15) is 0 Å². The van der Waals surface area contributed by atoms with Gasteiger partial charge in [-0.1, -0.05) is 77.5 Å². The summed E-state index contributed by atoms with van der Waals surface area (Å²) in [4.78, 5) is 34.6. The minimum Gasteiger partial charge on any atom is -0.339 e. The van der Waals surface area contributed by atoms with Crippen LogP contribution in [0.5, 0.6) is 0 Å². The molecule has 2 heterocycles. The van der Waals surface area contributed by atoms with E-state index in [0.717, 1.165) is 21.9 Å². The van der Waals surface area contributed by atoms with Gasteiger partial charge in [0.2, 0.25) is 0 Å². The number of amides is 1. The Balaban J connectivity index is 1.75. The van der Waals surface area contributed by atoms with Gasteiger partial charge in [-0.3, -0.25) is 14.2 Å². The zero-order valence-corrected chi connectivity index (χ0v) is 21.9. The number of aromatic nitrogens is 1. The van der Waals surface area contributed by atoms with E-state index < -0.39 is 6.04 Å². The van der Waals surface area contributed by atoms with E-state index in [0.29, 0.717) is 38.7 Å². The summed E-state index contributed by atoms with van der Waals surface area (Å²) in [5, 5.41) is 2.79. The summed E-state index contributed by atoms with van der Waals surface area (Å²) < 4.78 is 2.24. The van der Waals surface area contributed by atoms with E-state index in [1.54, 1.807) is 21.6 Å². The summed E-state index contributed by atoms with van der Waals surface area (Å²) in [5.41, 5.74) is 2.78. The number of carbonyl (C=O) groups excluding carboxylic acids is 1. The maximum atomic E-state index is 13.9. The van der Waals surface area contributed by atoms with Crippen molar-refractivity contribution in [2.75, 3.05) is 13.1 Å². The maximum absolute atomic E-state index is 13.9. The molecule has 0 bridgehead atoms. The predicted octanol–water partition coefficient (Wildman–Crippen LogP) is 4.91. The Hall–Kier alpha value is -3.48. The van der Waals surface area contributed by atoms with E-state index in [9.17, 15) is 9.59 Å². The van der Waals surface area contributed by atoms with Crippen molar-refractivity contribution in [3.63, 3.8) is 0 Å². The summed E-state index contributed by atoms with van der Waals surface area (Å²) in [6, 6.07) is 20.9. The van der Waals surface area contributed by atoms with E-state index in [1.165, 1.54) is 11.3 Å². The Morgan fingerprint density at radius 1 is 1.06 bits per heavy atom. The van der Waals surface area contributed by atoms with Crippen molar-refractivity contribution in [2.45, 2.75) is 26.8 Å². The number of thiazole rings is 1. The van der Waals surface area contributed by atoms with Crippen molar-refractivity contribution in [1.82, 2.24) is 9.47 Å². The Morgan fingerprint density at radius 3 is 2.47 bits per heavy atom. The third-order valence-electron chi connectivity index (χ3n) is 6.60. The molecular weight excluding hydrogens is 490 g/mol. The van der Waals surface area contributed by atoms with Crippen LogP contribution in [0.4, 0.5) is 0 Å². The monoisotopic (exact) mass is 515 g/mol. The second kappa shape index (κ2) is 9.88. The lowest BCUT2D eigenvalue weighted by Gasteiger charge is -2.29. The first kappa shape index (κ1) is 24.2. The lowest BCUT2D eigenvalue weighted by Crippen LogP contribution is -2.43. The highest BCUT2D eigenvalue weighted by Gasteiger charge is 2.34. The number of fused-ring (bicyclic) bond motifs is 2. The topological polar surface area (TPSA) is 54.7 Å². The molecule has 0 fully saturated rings. The highest BCUT2D eigenvalue weighted by Crippen LogP contribution is 2.32. The van der Waals surface area contributed by atoms with E-state index >= 15 is 0 Å². The molecule has 5 nitrogen and oxygen atoms in total. The lowest BCUT2D eigenvalue weighted by molar-refractivity contribution is -0.127. The van der Waals surface area contributed by atoms with Crippen LogP contribution in [-0.4, -0.2) is 28.5 Å². The molecule has 182 valence electrons. The van der Waals surface area contributed by atoms with Crippen LogP contribution >= 0.6 is 22.9 Å². The van der Waals surface area contributed by atoms with Gasteiger partial charge in [0, 0.05) is 18.1 Å². The zero-order valence-electron chi connectivity index (χ0n) is 20.4. The molecule has 5 rings (SSSR count). The van der Waals surface area contributed by atoms with Crippen LogP contribution in [0.3, 0.4) is 0 Å². The molecular formula is C29H26ClN3O2S. The van der Waals surface area contributed by atoms with Crippen LogP contribution in [0.2, 0.25) is 5.02 Å². The maximum Gasteiger partial charge on any atom is 0.271 e. The number of halogens is 1. The quantitative estimate of drug-likeness (QED) is 0.379. The fourth-order valence-corrected chi connectivity index (χ4v) is 5.92. The van der Waals surface area contributed by atoms with Gasteiger partial charge in [-0.15, -0.1) is 0 Å². The van der Waals surface area contributed by atoms with Crippen LogP contribution in [0.1, 0.15) is 37.9 Å². The Morgan fingerprint density at radius 2 is 1.75 bits per heavy atom. The average Bonchev–Trinajstić information content (AvgIpc) is 3.19. The van der Waals surface area contributed by atoms with Crippen molar-refractivity contribution < 1.29 is 4.79 Å². The molecule has 7 heteroatoms. The number of hydrogen-bond acceptors (Lipinski definition) is 4. The number of carbonyl (C=O) groups is 1. The van der Waals surface area contributed by atoms with Crippen molar-refractivity contribution in [3.8, 4) is 0 Å². The second-order valence-corrected chi connectivity index (χ2v) is 10.1. The molecule has 0 N–H and O–H groups in total. The summed E-state index contributed by atoms with van der Waals surface area (Å²) in [5.74, 6) is -0.107. The van der Waals surface area contributed by atoms with Gasteiger partial charge in [-0.05, 0) is 60.9 Å². The number of benzene rings is 3. The molecule has 1 aliphatic heterocycles. The van der Waals surface area contributed by atoms with Crippen LogP contribution in [0.25, 0.3) is 16.8 Å². The summed E-state index contributed by atoms with van der Waals surface area (Å²) in [6.45, 7) is 6.90. The summed E-state index contributed by atoms with van der Waals surface area (Å²) in [7, 11) is 0. The minimum absolute atomic E-state index is 0.107. The predicted molar refractivity (Wildman–Crippen MR) is 147 cm³/mol. The molecule has 3 aromatic carbocycles. The Labute approximate surface area is 218 Å². The number of rotatable bonds is 5. The van der Waals surface area contributed by atoms with Gasteiger partial charge in [0.1, 0.15) is 0 Å². The molecule has 1 atom stereocenters. The van der Waals surface area contributed by atoms with Gasteiger partial charge in [0.15, 0.2) is 4.80 Å². The number of hydrogen-bond donors (Lipinski definition) is 0. The molecule has 0 radical (unpaired) electrons. The molecule has 1 amide bonds. The molecule has 0 saturated carbocycles. The third-order valence-corrected chi connectivity index (χ3v) is 7.83. The normalized spacial score (nSPS) is 15.7. The first-order valence-corrected chi connectivity index (χ1v) is 13.2. The molecule has 4 aromatic rings. The molecule has 0 spiro atoms. The Kier molecular flexibility index (Phi) is 6.65. The standard InChI is InChI=1S/C29H26ClN3O2S/c1-4-32(5-2)28(35)25-18(3)31-29-33(26(25)20-13-15-22(30)16-14-20)27(34)24(36-29)17-21-11-8-10-19-9-6-7-12-23(19)21/h6-17,26H,4-5H2,1-3H3/b24-17+/t26-/m1/s1. The minimum atomic E-state index is -0.582. The van der Waals surface area contributed by atoms with Crippen molar-refractivity contribution in [1.29, 1.82) is 0 Å². The molecule has 0 saturated heterocycles. The van der Waals surface area contributed by atoms with Gasteiger partial charge >= 0.3 is 0 Å². The number of allylic oxidation sites excluding steroid dienone is 1. The van der Waals surface area contributed by atoms with Gasteiger partial charge < -0.3 is 4.90 Å². The van der Waals surface area contributed by atoms with Crippen LogP contribution in [0.15, 0.2) is 87.8 Å². The van der Waals surface area contributed by atoms with E-state index in [-0.39, 0.29) is 11.5 Å². The van der Waals surface area contributed by atoms with E-state index in [4.69, 9.17) is 16.6 Å². The van der Waals surface area contributed by atoms with Gasteiger partial charge in [-0.25, -0.2) is 4.99 Å². The summed E-state index contributed by atoms with van der Waals surface area (Å²) in [6.07, 6.45) is 1.93. The third kappa shape index (κ3) is 4.21. The first-order valence-electron chi connectivity index (χ1n) is 12.0. The molecule has 0 aliphatic carbocycles. The summed E-state index contributed by atoms with van der Waals surface area (Å²) >= 11 is 7.52. The number of likely N-dealkylation sites (N-methyl/N-ethyl adjacent to an activating group) is 1. The lowest BCUT2D eigenvalue weighted by atomic mass is 9.94. The van der Waals surface area contributed by atoms with E-state index in [2.05, 4.69) is 18.2 Å². The van der Waals surface area contributed by atoms with Crippen molar-refractivity contribution in [3.05, 3.63) is 114 Å². The molecule has 0 unspecified atom stereocenters. The molecule has 1 aliphatic rings. The molecule has 1 aromatic heterocycles. The highest BCUT2D eigenvalue weighted by atomic mass is 35.5. The van der Waals surface area contributed by atoms with Crippen LogP contribution in [-0.2, 0) is 4.79 Å². The fraction of sp³-hybridized carbons (Fsp3) is 0.207. The Bertz CT molecular complexity index is 1670. The van der Waals surface area contributed by atoms with Crippen LogP contribution < -0.4 is 14.9 Å². The first-order chi connectivity index (χ1) is 17.4. The van der Waals surface area contributed by atoms with Crippen molar-refractivity contribution in [2.24, 2.45) is 4.99 Å². The SMILES string of the molecule is CCN(CC)C(=O)C1=C(C)N=c2s/c(=C/c3cccc4ccccc34)c(=O)n2[C@@H]1c1ccc(Cl)cc1. The number of nitrogens with zero attached hydrogens (tertiary/aromatic N) is 3. The average molecular weight is 516 g/mol.